The maximum Gasteiger partial charge on any atom is 0.178 e. The molecule has 0 bridgehead atoms. The van der Waals surface area contributed by atoms with E-state index in [9.17, 15) is 0 Å². The van der Waals surface area contributed by atoms with Gasteiger partial charge in [-0.05, 0) is 103 Å². The lowest BCUT2D eigenvalue weighted by Crippen LogP contribution is -1.91. The normalized spacial score (nSPS) is 12.2. The molecule has 12 aromatic rings. The van der Waals surface area contributed by atoms with Crippen molar-refractivity contribution in [2.75, 3.05) is 0 Å². The summed E-state index contributed by atoms with van der Waals surface area (Å²) in [5.74, 6) is 0. The minimum Gasteiger partial charge on any atom is -0.460 e. The highest BCUT2D eigenvalue weighted by Crippen LogP contribution is 2.48. The SMILES string of the molecule is c1ccc2cc(-c3coc4c3ccc3c5ccc(-c6c7ccccc7c(-c7cccc8oc9ccccc9c78)c7ccccc67)cc5oc34)ccc2c1. The van der Waals surface area contributed by atoms with Gasteiger partial charge in [0.1, 0.15) is 16.7 Å². The van der Waals surface area contributed by atoms with Gasteiger partial charge in [-0.1, -0.05) is 121 Å². The molecule has 0 aliphatic heterocycles. The van der Waals surface area contributed by atoms with Crippen LogP contribution < -0.4 is 0 Å². The van der Waals surface area contributed by atoms with Crippen molar-refractivity contribution < 1.29 is 13.3 Å². The minimum absolute atomic E-state index is 0.768. The van der Waals surface area contributed by atoms with Gasteiger partial charge < -0.3 is 13.3 Å². The van der Waals surface area contributed by atoms with E-state index in [-0.39, 0.29) is 0 Å². The average molecular weight is 677 g/mol. The molecule has 3 heterocycles. The van der Waals surface area contributed by atoms with Crippen LogP contribution in [0.15, 0.2) is 183 Å². The van der Waals surface area contributed by atoms with Crippen molar-refractivity contribution in [2.45, 2.75) is 0 Å². The second kappa shape index (κ2) is 10.7. The lowest BCUT2D eigenvalue weighted by Gasteiger charge is -2.18. The van der Waals surface area contributed by atoms with Gasteiger partial charge in [-0.2, -0.15) is 0 Å². The Morgan fingerprint density at radius 2 is 0.962 bits per heavy atom. The fraction of sp³-hybridized carbons (Fsp3) is 0. The zero-order chi connectivity index (χ0) is 34.6. The van der Waals surface area contributed by atoms with Crippen LogP contribution in [0.4, 0.5) is 0 Å². The summed E-state index contributed by atoms with van der Waals surface area (Å²) >= 11 is 0. The molecule has 0 unspecified atom stereocenters. The molecule has 0 aliphatic rings. The number of furan rings is 3. The third kappa shape index (κ3) is 4.05. The molecule has 53 heavy (non-hydrogen) atoms. The number of fused-ring (bicyclic) bond motifs is 11. The predicted molar refractivity (Wildman–Crippen MR) is 220 cm³/mol. The van der Waals surface area contributed by atoms with Crippen LogP contribution in [0, 0.1) is 0 Å². The standard InChI is InChI=1S/C50H28O3/c1-2-11-30-26-31(21-20-29(30)10-1)42-28-51-49-39(42)25-24-38-33-23-22-32(27-45(33)53-50(38)49)46-34-12-3-5-14-36(34)47(37-15-6-4-13-35(37)46)41-17-9-19-44-48(41)40-16-7-8-18-43(40)52-44/h1-28H. The summed E-state index contributed by atoms with van der Waals surface area (Å²) in [4.78, 5) is 0. The Morgan fingerprint density at radius 1 is 0.321 bits per heavy atom. The van der Waals surface area contributed by atoms with E-state index in [4.69, 9.17) is 13.3 Å². The second-order valence-electron chi connectivity index (χ2n) is 14.0. The molecule has 0 amide bonds. The van der Waals surface area contributed by atoms with Gasteiger partial charge in [0.25, 0.3) is 0 Å². The predicted octanol–water partition coefficient (Wildman–Crippen LogP) is 14.7. The Hall–Kier alpha value is -7.10. The van der Waals surface area contributed by atoms with E-state index in [1.165, 1.54) is 49.0 Å². The molecule has 0 aliphatic carbocycles. The first-order valence-electron chi connectivity index (χ1n) is 18.0. The highest BCUT2D eigenvalue weighted by atomic mass is 16.4. The lowest BCUT2D eigenvalue weighted by atomic mass is 9.85. The Balaban J connectivity index is 1.08. The third-order valence-electron chi connectivity index (χ3n) is 11.1. The smallest absolute Gasteiger partial charge is 0.178 e. The minimum atomic E-state index is 0.768. The summed E-state index contributed by atoms with van der Waals surface area (Å²) in [5, 5.41) is 12.6. The molecule has 0 N–H and O–H groups in total. The van der Waals surface area contributed by atoms with Crippen molar-refractivity contribution in [2.24, 2.45) is 0 Å². The number of para-hydroxylation sites is 1. The zero-order valence-electron chi connectivity index (χ0n) is 28.4. The van der Waals surface area contributed by atoms with E-state index < -0.39 is 0 Å². The zero-order valence-corrected chi connectivity index (χ0v) is 28.4. The molecular weight excluding hydrogens is 649 g/mol. The monoisotopic (exact) mass is 676 g/mol. The average Bonchev–Trinajstić information content (AvgIpc) is 3.93. The number of hydrogen-bond donors (Lipinski definition) is 0. The van der Waals surface area contributed by atoms with Crippen LogP contribution in [0.2, 0.25) is 0 Å². The number of benzene rings is 9. The fourth-order valence-corrected chi connectivity index (χ4v) is 8.77. The molecule has 0 spiro atoms. The van der Waals surface area contributed by atoms with E-state index in [0.29, 0.717) is 0 Å². The molecule has 0 saturated heterocycles. The maximum absolute atomic E-state index is 6.74. The molecule has 3 nitrogen and oxygen atoms in total. The first kappa shape index (κ1) is 28.6. The van der Waals surface area contributed by atoms with Crippen LogP contribution in [0.25, 0.3) is 121 Å². The summed E-state index contributed by atoms with van der Waals surface area (Å²) in [6.07, 6.45) is 1.86. The molecule has 246 valence electrons. The van der Waals surface area contributed by atoms with E-state index in [1.807, 2.05) is 18.4 Å². The summed E-state index contributed by atoms with van der Waals surface area (Å²) in [6, 6.07) is 58.3. The topological polar surface area (TPSA) is 39.4 Å². The summed E-state index contributed by atoms with van der Waals surface area (Å²) in [6.45, 7) is 0. The van der Waals surface area contributed by atoms with Crippen molar-refractivity contribution in [1.82, 2.24) is 0 Å². The second-order valence-corrected chi connectivity index (χ2v) is 14.0. The van der Waals surface area contributed by atoms with Gasteiger partial charge in [-0.25, -0.2) is 0 Å². The Bertz CT molecular complexity index is 3410. The summed E-state index contributed by atoms with van der Waals surface area (Å²) < 4.78 is 19.4. The van der Waals surface area contributed by atoms with Gasteiger partial charge in [0.15, 0.2) is 11.2 Å². The van der Waals surface area contributed by atoms with Crippen molar-refractivity contribution in [3.63, 3.8) is 0 Å². The first-order valence-corrected chi connectivity index (χ1v) is 18.0. The Morgan fingerprint density at radius 3 is 1.77 bits per heavy atom. The molecule has 3 heteroatoms. The van der Waals surface area contributed by atoms with Gasteiger partial charge in [0.05, 0.1) is 6.26 Å². The highest BCUT2D eigenvalue weighted by Gasteiger charge is 2.22. The fourth-order valence-electron chi connectivity index (χ4n) is 8.77. The lowest BCUT2D eigenvalue weighted by molar-refractivity contribution is 0.600. The van der Waals surface area contributed by atoms with E-state index in [1.54, 1.807) is 0 Å². The maximum atomic E-state index is 6.74. The largest absolute Gasteiger partial charge is 0.460 e. The quantitative estimate of drug-likeness (QED) is 0.175. The Kier molecular flexibility index (Phi) is 5.77. The van der Waals surface area contributed by atoms with Gasteiger partial charge in [0.2, 0.25) is 0 Å². The molecule has 0 fully saturated rings. The number of hydrogen-bond acceptors (Lipinski definition) is 3. The molecule has 0 atom stereocenters. The van der Waals surface area contributed by atoms with Gasteiger partial charge in [0, 0.05) is 32.5 Å². The summed E-state index contributed by atoms with van der Waals surface area (Å²) in [7, 11) is 0. The molecule has 9 aromatic carbocycles. The van der Waals surface area contributed by atoms with E-state index >= 15 is 0 Å². The molecule has 0 saturated carbocycles. The number of rotatable bonds is 3. The van der Waals surface area contributed by atoms with Crippen LogP contribution in [0.3, 0.4) is 0 Å². The van der Waals surface area contributed by atoms with Crippen molar-refractivity contribution in [3.8, 4) is 33.4 Å². The van der Waals surface area contributed by atoms with Gasteiger partial charge in [-0.3, -0.25) is 0 Å². The highest BCUT2D eigenvalue weighted by molar-refractivity contribution is 6.26. The summed E-state index contributed by atoms with van der Waals surface area (Å²) in [5.41, 5.74) is 11.0. The van der Waals surface area contributed by atoms with Crippen LogP contribution in [0.5, 0.6) is 0 Å². The van der Waals surface area contributed by atoms with Crippen LogP contribution in [-0.2, 0) is 0 Å². The van der Waals surface area contributed by atoms with Crippen LogP contribution in [0.1, 0.15) is 0 Å². The van der Waals surface area contributed by atoms with Crippen LogP contribution >= 0.6 is 0 Å². The van der Waals surface area contributed by atoms with Crippen molar-refractivity contribution >= 4 is 87.2 Å². The third-order valence-corrected chi connectivity index (χ3v) is 11.1. The van der Waals surface area contributed by atoms with Crippen molar-refractivity contribution in [3.05, 3.63) is 170 Å². The molecule has 3 aromatic heterocycles. The molecule has 0 radical (unpaired) electrons. The van der Waals surface area contributed by atoms with E-state index in [0.717, 1.165) is 71.5 Å². The first-order chi connectivity index (χ1) is 26.3. The Labute approximate surface area is 302 Å². The molecular formula is C50H28O3. The van der Waals surface area contributed by atoms with Crippen molar-refractivity contribution in [1.29, 1.82) is 0 Å². The van der Waals surface area contributed by atoms with Gasteiger partial charge >= 0.3 is 0 Å². The molecule has 12 rings (SSSR count). The van der Waals surface area contributed by atoms with E-state index in [2.05, 4.69) is 152 Å². The van der Waals surface area contributed by atoms with Crippen LogP contribution in [-0.4, -0.2) is 0 Å². The van der Waals surface area contributed by atoms with Gasteiger partial charge in [-0.15, -0.1) is 0 Å².